The molecule has 0 spiro atoms. The Morgan fingerprint density at radius 1 is 1.15 bits per heavy atom. The van der Waals surface area contributed by atoms with Crippen LogP contribution in [0.3, 0.4) is 0 Å². The fraction of sp³-hybridized carbons (Fsp3) is 0.263. The third-order valence-corrected chi connectivity index (χ3v) is 4.41. The Morgan fingerprint density at radius 2 is 1.81 bits per heavy atom. The molecule has 0 saturated heterocycles. The minimum Gasteiger partial charge on any atom is -0.349 e. The summed E-state index contributed by atoms with van der Waals surface area (Å²) in [5.41, 5.74) is 1.15. The van der Waals surface area contributed by atoms with Crippen LogP contribution in [0, 0.1) is 0 Å². The number of carbonyl (C=O) groups is 2. The van der Waals surface area contributed by atoms with E-state index in [2.05, 4.69) is 10.6 Å². The minimum absolute atomic E-state index is 0.0303. The van der Waals surface area contributed by atoms with Crippen LogP contribution in [0.2, 0.25) is 0 Å². The second kappa shape index (κ2) is 6.82. The van der Waals surface area contributed by atoms with Gasteiger partial charge in [-0.25, -0.2) is 0 Å². The van der Waals surface area contributed by atoms with Gasteiger partial charge in [0.25, 0.3) is 0 Å². The molecule has 2 unspecified atom stereocenters. The van der Waals surface area contributed by atoms with Gasteiger partial charge >= 0.3 is 6.18 Å². The third kappa shape index (κ3) is 3.71. The lowest BCUT2D eigenvalue weighted by molar-refractivity contribution is -0.137. The molecule has 0 radical (unpaired) electrons. The number of para-hydroxylation sites is 1. The van der Waals surface area contributed by atoms with Crippen LogP contribution in [0.4, 0.5) is 18.9 Å². The van der Waals surface area contributed by atoms with Gasteiger partial charge < -0.3 is 10.6 Å². The van der Waals surface area contributed by atoms with Crippen LogP contribution in [0.25, 0.3) is 0 Å². The van der Waals surface area contributed by atoms with Gasteiger partial charge in [-0.3, -0.25) is 9.59 Å². The van der Waals surface area contributed by atoms with Crippen LogP contribution < -0.4 is 10.6 Å². The molecule has 0 fully saturated rings. The molecule has 0 aliphatic carbocycles. The van der Waals surface area contributed by atoms with Crippen molar-refractivity contribution < 1.29 is 22.8 Å². The number of alkyl halides is 3. The number of hydrogen-bond donors (Lipinski definition) is 2. The smallest absolute Gasteiger partial charge is 0.349 e. The van der Waals surface area contributed by atoms with E-state index in [9.17, 15) is 22.8 Å². The highest BCUT2D eigenvalue weighted by atomic mass is 19.4. The molecule has 2 aromatic carbocycles. The molecule has 3 rings (SSSR count). The molecule has 7 heteroatoms. The Hall–Kier alpha value is -2.83. The van der Waals surface area contributed by atoms with Gasteiger partial charge in [-0.1, -0.05) is 30.3 Å². The Kier molecular flexibility index (Phi) is 4.71. The summed E-state index contributed by atoms with van der Waals surface area (Å²) < 4.78 is 37.9. The van der Waals surface area contributed by atoms with Crippen molar-refractivity contribution in [3.05, 3.63) is 65.2 Å². The van der Waals surface area contributed by atoms with E-state index in [1.807, 2.05) is 0 Å². The highest BCUT2D eigenvalue weighted by Gasteiger charge is 2.32. The van der Waals surface area contributed by atoms with E-state index in [0.717, 1.165) is 17.7 Å². The van der Waals surface area contributed by atoms with E-state index in [-0.39, 0.29) is 18.2 Å². The topological polar surface area (TPSA) is 58.2 Å². The number of benzene rings is 2. The van der Waals surface area contributed by atoms with Crippen molar-refractivity contribution in [3.63, 3.8) is 0 Å². The SMILES string of the molecule is CC(NC(=O)C1CC(=O)Nc2ccccc21)c1ccc(C(F)(F)F)cc1. The Bertz CT molecular complexity index is 831. The number of hydrogen-bond acceptors (Lipinski definition) is 2. The number of fused-ring (bicyclic) bond motifs is 1. The Balaban J connectivity index is 1.75. The normalized spacial score (nSPS) is 17.8. The summed E-state index contributed by atoms with van der Waals surface area (Å²) >= 11 is 0. The van der Waals surface area contributed by atoms with E-state index in [0.29, 0.717) is 11.3 Å². The maximum absolute atomic E-state index is 12.6. The van der Waals surface area contributed by atoms with Gasteiger partial charge in [0.2, 0.25) is 11.8 Å². The van der Waals surface area contributed by atoms with Crippen molar-refractivity contribution in [2.75, 3.05) is 5.32 Å². The van der Waals surface area contributed by atoms with E-state index >= 15 is 0 Å². The summed E-state index contributed by atoms with van der Waals surface area (Å²) in [7, 11) is 0. The fourth-order valence-electron chi connectivity index (χ4n) is 3.00. The zero-order valence-electron chi connectivity index (χ0n) is 13.9. The Labute approximate surface area is 148 Å². The highest BCUT2D eigenvalue weighted by molar-refractivity contribution is 6.01. The van der Waals surface area contributed by atoms with Gasteiger partial charge in [-0.15, -0.1) is 0 Å². The summed E-state index contributed by atoms with van der Waals surface area (Å²) in [5, 5.41) is 5.51. The van der Waals surface area contributed by atoms with Crippen molar-refractivity contribution in [1.29, 1.82) is 0 Å². The van der Waals surface area contributed by atoms with Crippen molar-refractivity contribution >= 4 is 17.5 Å². The maximum atomic E-state index is 12.6. The molecule has 1 aliphatic rings. The number of carbonyl (C=O) groups excluding carboxylic acids is 2. The molecule has 2 aromatic rings. The van der Waals surface area contributed by atoms with E-state index < -0.39 is 23.7 Å². The summed E-state index contributed by atoms with van der Waals surface area (Å²) in [5.74, 6) is -1.21. The molecular weight excluding hydrogens is 345 g/mol. The first-order chi connectivity index (χ1) is 12.3. The first kappa shape index (κ1) is 18.0. The summed E-state index contributed by atoms with van der Waals surface area (Å²) in [6, 6.07) is 11.2. The molecule has 2 amide bonds. The second-order valence-electron chi connectivity index (χ2n) is 6.24. The number of amides is 2. The molecule has 1 heterocycles. The monoisotopic (exact) mass is 362 g/mol. The molecule has 1 aliphatic heterocycles. The minimum atomic E-state index is -4.40. The second-order valence-corrected chi connectivity index (χ2v) is 6.24. The van der Waals surface area contributed by atoms with Crippen LogP contribution >= 0.6 is 0 Å². The molecule has 4 nitrogen and oxygen atoms in total. The average Bonchev–Trinajstić information content (AvgIpc) is 2.60. The molecule has 0 aromatic heterocycles. The Morgan fingerprint density at radius 3 is 2.46 bits per heavy atom. The van der Waals surface area contributed by atoms with Gasteiger partial charge in [0.05, 0.1) is 17.5 Å². The van der Waals surface area contributed by atoms with Crippen LogP contribution in [0.15, 0.2) is 48.5 Å². The van der Waals surface area contributed by atoms with Crippen LogP contribution in [0.1, 0.15) is 42.0 Å². The predicted octanol–water partition coefficient (Wildman–Crippen LogP) is 4.01. The lowest BCUT2D eigenvalue weighted by atomic mass is 9.89. The third-order valence-electron chi connectivity index (χ3n) is 4.41. The molecular formula is C19H17F3N2O2. The van der Waals surface area contributed by atoms with Gasteiger partial charge in [-0.2, -0.15) is 13.2 Å². The molecule has 136 valence electrons. The molecule has 2 N–H and O–H groups in total. The fourth-order valence-corrected chi connectivity index (χ4v) is 3.00. The molecule has 0 saturated carbocycles. The number of halogens is 3. The van der Waals surface area contributed by atoms with Gasteiger partial charge in [0, 0.05) is 12.1 Å². The standard InChI is InChI=1S/C19H17F3N2O2/c1-11(12-6-8-13(9-7-12)19(20,21)22)23-18(26)15-10-17(25)24-16-5-3-2-4-14(15)16/h2-9,11,15H,10H2,1H3,(H,23,26)(H,24,25). The highest BCUT2D eigenvalue weighted by Crippen LogP contribution is 2.33. The largest absolute Gasteiger partial charge is 0.416 e. The van der Waals surface area contributed by atoms with Crippen molar-refractivity contribution in [2.24, 2.45) is 0 Å². The number of anilines is 1. The van der Waals surface area contributed by atoms with Crippen molar-refractivity contribution in [2.45, 2.75) is 31.5 Å². The van der Waals surface area contributed by atoms with E-state index in [4.69, 9.17) is 0 Å². The quantitative estimate of drug-likeness (QED) is 0.867. The summed E-state index contributed by atoms with van der Waals surface area (Å²) in [6.07, 6.45) is -4.37. The van der Waals surface area contributed by atoms with E-state index in [1.54, 1.807) is 31.2 Å². The predicted molar refractivity (Wildman–Crippen MR) is 90.4 cm³/mol. The number of rotatable bonds is 3. The first-order valence-corrected chi connectivity index (χ1v) is 8.12. The van der Waals surface area contributed by atoms with Crippen molar-refractivity contribution in [1.82, 2.24) is 5.32 Å². The zero-order valence-corrected chi connectivity index (χ0v) is 13.9. The van der Waals surface area contributed by atoms with Crippen LogP contribution in [-0.2, 0) is 15.8 Å². The number of nitrogens with one attached hydrogen (secondary N) is 2. The summed E-state index contributed by atoms with van der Waals surface area (Å²) in [6.45, 7) is 1.69. The molecule has 0 bridgehead atoms. The average molecular weight is 362 g/mol. The first-order valence-electron chi connectivity index (χ1n) is 8.12. The molecule has 26 heavy (non-hydrogen) atoms. The van der Waals surface area contributed by atoms with Crippen LogP contribution in [-0.4, -0.2) is 11.8 Å². The van der Waals surface area contributed by atoms with Gasteiger partial charge in [0.15, 0.2) is 0 Å². The lowest BCUT2D eigenvalue weighted by Crippen LogP contribution is -2.36. The lowest BCUT2D eigenvalue weighted by Gasteiger charge is -2.26. The van der Waals surface area contributed by atoms with Gasteiger partial charge in [0.1, 0.15) is 0 Å². The van der Waals surface area contributed by atoms with Crippen molar-refractivity contribution in [3.8, 4) is 0 Å². The van der Waals surface area contributed by atoms with E-state index in [1.165, 1.54) is 12.1 Å². The maximum Gasteiger partial charge on any atom is 0.416 e. The molecule has 2 atom stereocenters. The summed E-state index contributed by atoms with van der Waals surface area (Å²) in [4.78, 5) is 24.5. The van der Waals surface area contributed by atoms with Gasteiger partial charge in [-0.05, 0) is 36.2 Å². The van der Waals surface area contributed by atoms with Crippen LogP contribution in [0.5, 0.6) is 0 Å². The zero-order chi connectivity index (χ0) is 18.9.